The van der Waals surface area contributed by atoms with Crippen molar-refractivity contribution < 1.29 is 37.4 Å². The molecule has 1 aromatic carbocycles. The molecular formula is C23H29F2NO6. The lowest BCUT2D eigenvalue weighted by atomic mass is 9.93. The third-order valence-corrected chi connectivity index (χ3v) is 4.92. The second-order valence-corrected chi connectivity index (χ2v) is 8.57. The lowest BCUT2D eigenvalue weighted by Crippen LogP contribution is -2.23. The number of alkyl halides is 2. The van der Waals surface area contributed by atoms with Gasteiger partial charge in [0.25, 0.3) is 5.91 Å². The number of ether oxygens (including phenoxy) is 3. The number of amides is 1. The molecule has 0 aliphatic carbocycles. The first kappa shape index (κ1) is 25.3. The summed E-state index contributed by atoms with van der Waals surface area (Å²) in [6.45, 7) is 8.89. The monoisotopic (exact) mass is 453 g/mol. The van der Waals surface area contributed by atoms with Crippen LogP contribution in [0, 0.1) is 6.92 Å². The third-order valence-electron chi connectivity index (χ3n) is 4.92. The van der Waals surface area contributed by atoms with Gasteiger partial charge in [-0.2, -0.15) is 8.78 Å². The maximum Gasteiger partial charge on any atom is 0.341 e. The van der Waals surface area contributed by atoms with Gasteiger partial charge in [-0.3, -0.25) is 9.59 Å². The Morgan fingerprint density at radius 2 is 1.91 bits per heavy atom. The van der Waals surface area contributed by atoms with Gasteiger partial charge in [0.15, 0.2) is 0 Å². The predicted molar refractivity (Wildman–Crippen MR) is 114 cm³/mol. The highest BCUT2D eigenvalue weighted by Gasteiger charge is 2.33. The minimum atomic E-state index is -3.26. The highest BCUT2D eigenvalue weighted by molar-refractivity contribution is 6.06. The molecule has 0 saturated carbocycles. The molecule has 0 saturated heterocycles. The highest BCUT2D eigenvalue weighted by Crippen LogP contribution is 2.41. The fourth-order valence-corrected chi connectivity index (χ4v) is 3.44. The standard InChI is InChI=1S/C23H29F2NO6/c1-12(8-10-16(27)32-23(3,4)5)7-9-14-18(26-21(28)20(24)25)17-15(11-31-22(17)29)13(2)19(14)30-6/h7,20H,8-11H2,1-6H3,(H,26,28)/b12-7+. The van der Waals surface area contributed by atoms with Crippen LogP contribution in [0.25, 0.3) is 0 Å². The van der Waals surface area contributed by atoms with E-state index >= 15 is 0 Å². The number of hydrogen-bond acceptors (Lipinski definition) is 6. The van der Waals surface area contributed by atoms with Gasteiger partial charge >= 0.3 is 18.4 Å². The molecule has 2 rings (SSSR count). The molecule has 0 spiro atoms. The lowest BCUT2D eigenvalue weighted by molar-refractivity contribution is -0.154. The van der Waals surface area contributed by atoms with Crippen molar-refractivity contribution in [2.75, 3.05) is 12.4 Å². The number of rotatable bonds is 8. The Bertz CT molecular complexity index is 947. The van der Waals surface area contributed by atoms with Gasteiger partial charge in [-0.15, -0.1) is 0 Å². The van der Waals surface area contributed by atoms with E-state index in [1.807, 2.05) is 6.92 Å². The van der Waals surface area contributed by atoms with Crippen LogP contribution in [0.15, 0.2) is 11.6 Å². The molecule has 1 N–H and O–H groups in total. The molecule has 0 aromatic heterocycles. The topological polar surface area (TPSA) is 90.9 Å². The first-order chi connectivity index (χ1) is 14.9. The van der Waals surface area contributed by atoms with Crippen molar-refractivity contribution in [3.05, 3.63) is 33.9 Å². The zero-order chi connectivity index (χ0) is 24.2. The summed E-state index contributed by atoms with van der Waals surface area (Å²) in [5.41, 5.74) is 1.82. The lowest BCUT2D eigenvalue weighted by Gasteiger charge is -2.20. The van der Waals surface area contributed by atoms with Crippen molar-refractivity contribution in [2.45, 2.75) is 72.5 Å². The first-order valence-corrected chi connectivity index (χ1v) is 10.2. The number of methoxy groups -OCH3 is 1. The quantitative estimate of drug-likeness (QED) is 0.461. The number of nitrogens with one attached hydrogen (secondary N) is 1. The predicted octanol–water partition coefficient (Wildman–Crippen LogP) is 4.49. The zero-order valence-corrected chi connectivity index (χ0v) is 19.2. The number of esters is 2. The molecule has 1 aliphatic heterocycles. The van der Waals surface area contributed by atoms with Crippen molar-refractivity contribution >= 4 is 23.5 Å². The van der Waals surface area contributed by atoms with Gasteiger partial charge in [-0.05, 0) is 53.0 Å². The van der Waals surface area contributed by atoms with E-state index in [9.17, 15) is 23.2 Å². The number of cyclic esters (lactones) is 1. The molecular weight excluding hydrogens is 424 g/mol. The van der Waals surface area contributed by atoms with Gasteiger partial charge in [-0.1, -0.05) is 11.6 Å². The van der Waals surface area contributed by atoms with Crippen LogP contribution in [0.1, 0.15) is 67.6 Å². The third kappa shape index (κ3) is 6.05. The van der Waals surface area contributed by atoms with Crippen LogP contribution < -0.4 is 10.1 Å². The number of allylic oxidation sites excluding steroid dienone is 2. The number of anilines is 1. The van der Waals surface area contributed by atoms with Crippen LogP contribution in [0.3, 0.4) is 0 Å². The number of carbonyl (C=O) groups is 3. The molecule has 0 bridgehead atoms. The summed E-state index contributed by atoms with van der Waals surface area (Å²) in [5.74, 6) is -2.17. The van der Waals surface area contributed by atoms with Gasteiger partial charge in [0.2, 0.25) is 0 Å². The molecule has 1 heterocycles. The second kappa shape index (κ2) is 10.1. The van der Waals surface area contributed by atoms with Gasteiger partial charge in [0.1, 0.15) is 18.0 Å². The number of hydrogen-bond donors (Lipinski definition) is 1. The van der Waals surface area contributed by atoms with Crippen LogP contribution in [0.5, 0.6) is 5.75 Å². The summed E-state index contributed by atoms with van der Waals surface area (Å²) in [4.78, 5) is 36.0. The fourth-order valence-electron chi connectivity index (χ4n) is 3.44. The summed E-state index contributed by atoms with van der Waals surface area (Å²) < 4.78 is 41.8. The molecule has 0 fully saturated rings. The second-order valence-electron chi connectivity index (χ2n) is 8.57. The van der Waals surface area contributed by atoms with E-state index in [2.05, 4.69) is 5.32 Å². The Hall–Kier alpha value is -2.97. The van der Waals surface area contributed by atoms with Crippen LogP contribution in [0.4, 0.5) is 14.5 Å². The van der Waals surface area contributed by atoms with Gasteiger partial charge in [0.05, 0.1) is 18.4 Å². The van der Waals surface area contributed by atoms with Crippen LogP contribution >= 0.6 is 0 Å². The van der Waals surface area contributed by atoms with Crippen LogP contribution in [-0.4, -0.2) is 37.0 Å². The Labute approximate surface area is 186 Å². The Morgan fingerprint density at radius 3 is 2.47 bits per heavy atom. The van der Waals surface area contributed by atoms with Gasteiger partial charge < -0.3 is 19.5 Å². The number of benzene rings is 1. The van der Waals surface area contributed by atoms with Crippen molar-refractivity contribution in [2.24, 2.45) is 0 Å². The van der Waals surface area contributed by atoms with E-state index in [0.717, 1.165) is 5.57 Å². The van der Waals surface area contributed by atoms with E-state index in [4.69, 9.17) is 14.2 Å². The summed E-state index contributed by atoms with van der Waals surface area (Å²) in [6.07, 6.45) is -0.659. The van der Waals surface area contributed by atoms with Gasteiger partial charge in [0, 0.05) is 17.5 Å². The van der Waals surface area contributed by atoms with Crippen LogP contribution in [0.2, 0.25) is 0 Å². The Balaban J connectivity index is 2.37. The highest BCUT2D eigenvalue weighted by atomic mass is 19.3. The SMILES string of the molecule is COc1c(C)c2c(c(NC(=O)C(F)F)c1C/C=C(\C)CCC(=O)OC(C)(C)C)C(=O)OC2. The molecule has 1 aromatic rings. The van der Waals surface area contributed by atoms with Crippen molar-refractivity contribution in [1.82, 2.24) is 0 Å². The maximum absolute atomic E-state index is 12.9. The normalized spacial score (nSPS) is 13.7. The molecule has 176 valence electrons. The minimum absolute atomic E-state index is 0.0288. The molecule has 0 atom stereocenters. The summed E-state index contributed by atoms with van der Waals surface area (Å²) >= 11 is 0. The molecule has 1 aliphatic rings. The van der Waals surface area contributed by atoms with E-state index in [1.54, 1.807) is 33.8 Å². The average Bonchev–Trinajstić information content (AvgIpc) is 3.07. The van der Waals surface area contributed by atoms with E-state index < -0.39 is 23.9 Å². The molecule has 0 radical (unpaired) electrons. The number of carbonyl (C=O) groups excluding carboxylic acids is 3. The number of fused-ring (bicyclic) bond motifs is 1. The zero-order valence-electron chi connectivity index (χ0n) is 19.2. The maximum atomic E-state index is 12.9. The van der Waals surface area contributed by atoms with Crippen molar-refractivity contribution in [3.8, 4) is 5.75 Å². The summed E-state index contributed by atoms with van der Waals surface area (Å²) in [7, 11) is 1.42. The Kier molecular flexibility index (Phi) is 7.98. The van der Waals surface area contributed by atoms with E-state index in [-0.39, 0.29) is 36.7 Å². The summed E-state index contributed by atoms with van der Waals surface area (Å²) in [5, 5.41) is 2.17. The minimum Gasteiger partial charge on any atom is -0.496 e. The van der Waals surface area contributed by atoms with E-state index in [1.165, 1.54) is 7.11 Å². The number of halogens is 2. The first-order valence-electron chi connectivity index (χ1n) is 10.2. The largest absolute Gasteiger partial charge is 0.496 e. The summed E-state index contributed by atoms with van der Waals surface area (Å²) in [6, 6.07) is 0. The van der Waals surface area contributed by atoms with Crippen molar-refractivity contribution in [3.63, 3.8) is 0 Å². The molecule has 9 heteroatoms. The van der Waals surface area contributed by atoms with Gasteiger partial charge in [-0.25, -0.2) is 4.79 Å². The fraction of sp³-hybridized carbons (Fsp3) is 0.522. The molecule has 32 heavy (non-hydrogen) atoms. The Morgan fingerprint density at radius 1 is 1.25 bits per heavy atom. The molecule has 1 amide bonds. The molecule has 0 unspecified atom stereocenters. The average molecular weight is 453 g/mol. The van der Waals surface area contributed by atoms with E-state index in [0.29, 0.717) is 28.9 Å². The van der Waals surface area contributed by atoms with Crippen LogP contribution in [-0.2, 0) is 32.1 Å². The smallest absolute Gasteiger partial charge is 0.341 e. The van der Waals surface area contributed by atoms with Crippen molar-refractivity contribution in [1.29, 1.82) is 0 Å². The molecule has 7 nitrogen and oxygen atoms in total.